The highest BCUT2D eigenvalue weighted by atomic mass is 32.1. The van der Waals surface area contributed by atoms with Crippen LogP contribution in [0.4, 0.5) is 23.9 Å². The van der Waals surface area contributed by atoms with Gasteiger partial charge in [0, 0.05) is 30.9 Å². The molecule has 0 saturated heterocycles. The van der Waals surface area contributed by atoms with Gasteiger partial charge in [-0.3, -0.25) is 9.79 Å². The second-order valence-electron chi connectivity index (χ2n) is 7.13. The van der Waals surface area contributed by atoms with Gasteiger partial charge in [-0.15, -0.1) is 24.5 Å². The second kappa shape index (κ2) is 11.1. The minimum atomic E-state index is -4.75. The number of benzene rings is 1. The van der Waals surface area contributed by atoms with Crippen LogP contribution in [0.5, 0.6) is 5.75 Å². The Morgan fingerprint density at radius 1 is 1.25 bits per heavy atom. The molecule has 0 spiro atoms. The van der Waals surface area contributed by atoms with Crippen molar-refractivity contribution in [1.82, 2.24) is 9.80 Å². The van der Waals surface area contributed by atoms with Crippen molar-refractivity contribution in [1.29, 1.82) is 0 Å². The van der Waals surface area contributed by atoms with E-state index in [-0.39, 0.29) is 11.7 Å². The summed E-state index contributed by atoms with van der Waals surface area (Å²) in [6.07, 6.45) is -3.23. The maximum absolute atomic E-state index is 13.0. The summed E-state index contributed by atoms with van der Waals surface area (Å²) in [5.74, 6) is -0.386. The van der Waals surface area contributed by atoms with Gasteiger partial charge >= 0.3 is 6.36 Å². The average Bonchev–Trinajstić information content (AvgIpc) is 3.13. The molecule has 174 valence electrons. The Bertz CT molecular complexity index is 953. The van der Waals surface area contributed by atoms with E-state index in [1.54, 1.807) is 17.9 Å². The van der Waals surface area contributed by atoms with Crippen molar-refractivity contribution < 1.29 is 22.7 Å². The molecular formula is C22H27F3N4O2S. The summed E-state index contributed by atoms with van der Waals surface area (Å²) in [5, 5.41) is 3.75. The smallest absolute Gasteiger partial charge is 0.406 e. The van der Waals surface area contributed by atoms with Crippen molar-refractivity contribution in [2.75, 3.05) is 39.0 Å². The van der Waals surface area contributed by atoms with Crippen molar-refractivity contribution in [3.63, 3.8) is 0 Å². The number of rotatable bonds is 10. The first-order chi connectivity index (χ1) is 15.0. The molecule has 0 unspecified atom stereocenters. The number of anilines is 1. The molecule has 0 radical (unpaired) electrons. The molecule has 0 aliphatic carbocycles. The number of thiophene rings is 1. The van der Waals surface area contributed by atoms with Crippen molar-refractivity contribution in [2.45, 2.75) is 20.2 Å². The van der Waals surface area contributed by atoms with Gasteiger partial charge in [-0.05, 0) is 64.5 Å². The zero-order chi connectivity index (χ0) is 23.9. The third-order valence-electron chi connectivity index (χ3n) is 4.42. The molecule has 2 rings (SSSR count). The zero-order valence-electron chi connectivity index (χ0n) is 18.5. The largest absolute Gasteiger partial charge is 0.573 e. The topological polar surface area (TPSA) is 57.2 Å². The highest BCUT2D eigenvalue weighted by Crippen LogP contribution is 2.31. The maximum atomic E-state index is 13.0. The van der Waals surface area contributed by atoms with Crippen LogP contribution in [0.2, 0.25) is 0 Å². The normalized spacial score (nSPS) is 12.1. The number of hydrogen-bond donors (Lipinski definition) is 1. The summed E-state index contributed by atoms with van der Waals surface area (Å²) in [5.41, 5.74) is 1.78. The molecule has 1 amide bonds. The van der Waals surface area contributed by atoms with Crippen LogP contribution in [0.1, 0.15) is 29.1 Å². The van der Waals surface area contributed by atoms with Crippen LogP contribution in [-0.2, 0) is 0 Å². The fraction of sp³-hybridized carbons (Fsp3) is 0.364. The van der Waals surface area contributed by atoms with E-state index >= 15 is 0 Å². The van der Waals surface area contributed by atoms with Crippen molar-refractivity contribution >= 4 is 33.6 Å². The first-order valence-corrected chi connectivity index (χ1v) is 10.7. The molecule has 1 aromatic carbocycles. The Hall–Kier alpha value is -2.85. The fourth-order valence-corrected chi connectivity index (χ4v) is 3.89. The third-order valence-corrected chi connectivity index (χ3v) is 5.47. The molecule has 0 bridgehead atoms. The molecule has 1 heterocycles. The monoisotopic (exact) mass is 468 g/mol. The first kappa shape index (κ1) is 25.4. The number of ether oxygens (including phenoxy) is 1. The van der Waals surface area contributed by atoms with Gasteiger partial charge in [0.2, 0.25) is 0 Å². The molecule has 6 nitrogen and oxygen atoms in total. The Labute approximate surface area is 190 Å². The van der Waals surface area contributed by atoms with Crippen molar-refractivity contribution in [3.8, 4) is 5.75 Å². The molecule has 0 saturated carbocycles. The molecule has 1 aromatic heterocycles. The summed E-state index contributed by atoms with van der Waals surface area (Å²) in [7, 11) is 3.91. The summed E-state index contributed by atoms with van der Waals surface area (Å²) >= 11 is 1.30. The van der Waals surface area contributed by atoms with E-state index in [4.69, 9.17) is 0 Å². The van der Waals surface area contributed by atoms with E-state index in [0.29, 0.717) is 34.4 Å². The average molecular weight is 469 g/mol. The molecule has 0 fully saturated rings. The van der Waals surface area contributed by atoms with Crippen LogP contribution in [0, 0.1) is 0 Å². The minimum Gasteiger partial charge on any atom is -0.406 e. The van der Waals surface area contributed by atoms with Gasteiger partial charge in [-0.25, -0.2) is 0 Å². The third kappa shape index (κ3) is 7.38. The SMILES string of the molecule is C=CNc1sc(C(=O)N(CC)CCN(C)C)cc1C(C)=Nc1ccc(OC(F)(F)F)cc1. The van der Waals surface area contributed by atoms with Gasteiger partial charge in [-0.2, -0.15) is 0 Å². The predicted octanol–water partition coefficient (Wildman–Crippen LogP) is 5.37. The van der Waals surface area contributed by atoms with E-state index in [1.807, 2.05) is 25.9 Å². The van der Waals surface area contributed by atoms with Crippen LogP contribution in [-0.4, -0.2) is 61.5 Å². The zero-order valence-corrected chi connectivity index (χ0v) is 19.3. The van der Waals surface area contributed by atoms with Crippen molar-refractivity contribution in [3.05, 3.63) is 53.6 Å². The summed E-state index contributed by atoms with van der Waals surface area (Å²) < 4.78 is 40.9. The Balaban J connectivity index is 2.28. The second-order valence-corrected chi connectivity index (χ2v) is 8.18. The van der Waals surface area contributed by atoms with E-state index in [2.05, 4.69) is 21.6 Å². The predicted molar refractivity (Wildman–Crippen MR) is 123 cm³/mol. The lowest BCUT2D eigenvalue weighted by Gasteiger charge is -2.22. The van der Waals surface area contributed by atoms with E-state index in [1.165, 1.54) is 41.8 Å². The number of aliphatic imine (C=N–C) groups is 1. The van der Waals surface area contributed by atoms with E-state index in [0.717, 1.165) is 12.1 Å². The Morgan fingerprint density at radius 3 is 2.44 bits per heavy atom. The lowest BCUT2D eigenvalue weighted by molar-refractivity contribution is -0.274. The molecular weight excluding hydrogens is 441 g/mol. The molecule has 0 atom stereocenters. The number of halogens is 3. The Morgan fingerprint density at radius 2 is 1.91 bits per heavy atom. The van der Waals surface area contributed by atoms with Gasteiger partial charge < -0.3 is 19.9 Å². The minimum absolute atomic E-state index is 0.0702. The van der Waals surface area contributed by atoms with Gasteiger partial charge in [0.15, 0.2) is 0 Å². The van der Waals surface area contributed by atoms with Gasteiger partial charge in [-0.1, -0.05) is 6.58 Å². The first-order valence-electron chi connectivity index (χ1n) is 9.90. The number of likely N-dealkylation sites (N-methyl/N-ethyl adjacent to an activating group) is 2. The molecule has 32 heavy (non-hydrogen) atoms. The quantitative estimate of drug-likeness (QED) is 0.477. The van der Waals surface area contributed by atoms with E-state index < -0.39 is 6.36 Å². The maximum Gasteiger partial charge on any atom is 0.573 e. The van der Waals surface area contributed by atoms with E-state index in [9.17, 15) is 18.0 Å². The number of nitrogens with one attached hydrogen (secondary N) is 1. The van der Waals surface area contributed by atoms with Gasteiger partial charge in [0.1, 0.15) is 10.8 Å². The molecule has 1 N–H and O–H groups in total. The molecule has 0 aliphatic heterocycles. The number of carbonyl (C=O) groups excluding carboxylic acids is 1. The summed E-state index contributed by atoms with van der Waals surface area (Å²) in [4.78, 5) is 21.9. The van der Waals surface area contributed by atoms with Crippen LogP contribution in [0.15, 0.2) is 48.1 Å². The lowest BCUT2D eigenvalue weighted by atomic mass is 10.2. The molecule has 10 heteroatoms. The van der Waals surface area contributed by atoms with Crippen LogP contribution >= 0.6 is 11.3 Å². The standard InChI is InChI=1S/C22H27F3N4O2S/c1-6-26-20-18(14-19(32-20)21(30)29(7-2)13-12-28(4)5)15(3)27-16-8-10-17(11-9-16)31-22(23,24)25/h6,8-11,14,26H,1,7,12-13H2,2-5H3. The van der Waals surface area contributed by atoms with Crippen molar-refractivity contribution in [2.24, 2.45) is 4.99 Å². The van der Waals surface area contributed by atoms with Gasteiger partial charge in [0.25, 0.3) is 5.91 Å². The van der Waals surface area contributed by atoms with Crippen LogP contribution in [0.3, 0.4) is 0 Å². The highest BCUT2D eigenvalue weighted by molar-refractivity contribution is 7.18. The number of hydrogen-bond acceptors (Lipinski definition) is 6. The van der Waals surface area contributed by atoms with Crippen LogP contribution < -0.4 is 10.1 Å². The number of nitrogens with zero attached hydrogens (tertiary/aromatic N) is 3. The highest BCUT2D eigenvalue weighted by Gasteiger charge is 2.31. The van der Waals surface area contributed by atoms with Crippen LogP contribution in [0.25, 0.3) is 0 Å². The molecule has 0 aliphatic rings. The molecule has 2 aromatic rings. The number of amides is 1. The fourth-order valence-electron chi connectivity index (χ4n) is 2.82. The lowest BCUT2D eigenvalue weighted by Crippen LogP contribution is -2.36. The number of carbonyl (C=O) groups is 1. The summed E-state index contributed by atoms with van der Waals surface area (Å²) in [6, 6.07) is 7.05. The Kier molecular flexibility index (Phi) is 8.85. The van der Waals surface area contributed by atoms with Gasteiger partial charge in [0.05, 0.1) is 10.6 Å². The summed E-state index contributed by atoms with van der Waals surface area (Å²) in [6.45, 7) is 9.34. The number of alkyl halides is 3.